The summed E-state index contributed by atoms with van der Waals surface area (Å²) >= 11 is 13.5. The molecule has 0 aliphatic rings. The van der Waals surface area contributed by atoms with Gasteiger partial charge in [-0.15, -0.1) is 11.8 Å². The van der Waals surface area contributed by atoms with Gasteiger partial charge in [-0.3, -0.25) is 14.4 Å². The van der Waals surface area contributed by atoms with Crippen LogP contribution in [0.4, 0.5) is 15.8 Å². The number of amides is 3. The number of nitrogens with one attached hydrogen (secondary N) is 3. The Labute approximate surface area is 257 Å². The lowest BCUT2D eigenvalue weighted by molar-refractivity contribution is -0.116. The number of hydrogen-bond donors (Lipinski definition) is 3. The number of thioether (sulfide) groups is 1. The van der Waals surface area contributed by atoms with Crippen LogP contribution in [0, 0.1) is 5.82 Å². The quantitative estimate of drug-likeness (QED) is 0.123. The minimum absolute atomic E-state index is 0.00113. The molecule has 0 aliphatic heterocycles. The Bertz CT molecular complexity index is 1630. The Balaban J connectivity index is 1.50. The number of carbonyl (C=O) groups is 3. The smallest absolute Gasteiger partial charge is 0.272 e. The minimum atomic E-state index is -0.570. The van der Waals surface area contributed by atoms with Crippen LogP contribution in [0.15, 0.2) is 108 Å². The highest BCUT2D eigenvalue weighted by atomic mass is 35.5. The molecule has 0 spiro atoms. The highest BCUT2D eigenvalue weighted by Crippen LogP contribution is 2.29. The van der Waals surface area contributed by atoms with Crippen LogP contribution >= 0.6 is 35.0 Å². The van der Waals surface area contributed by atoms with E-state index in [2.05, 4.69) is 16.0 Å². The van der Waals surface area contributed by atoms with Crippen molar-refractivity contribution in [2.24, 2.45) is 0 Å². The number of hydrogen-bond acceptors (Lipinski definition) is 4. The van der Waals surface area contributed by atoms with Crippen molar-refractivity contribution in [3.63, 3.8) is 0 Å². The highest BCUT2D eigenvalue weighted by Gasteiger charge is 2.20. The first kappa shape index (κ1) is 30.8. The van der Waals surface area contributed by atoms with Gasteiger partial charge in [0.2, 0.25) is 5.91 Å². The van der Waals surface area contributed by atoms with Gasteiger partial charge in [0.1, 0.15) is 11.5 Å². The van der Waals surface area contributed by atoms with Crippen molar-refractivity contribution in [1.82, 2.24) is 5.32 Å². The van der Waals surface area contributed by atoms with Crippen LogP contribution in [0.25, 0.3) is 6.08 Å². The fourth-order valence-electron chi connectivity index (χ4n) is 3.82. The molecule has 214 valence electrons. The molecule has 3 amide bonds. The third-order valence-corrected chi connectivity index (χ3v) is 7.95. The van der Waals surface area contributed by atoms with E-state index in [4.69, 9.17) is 23.2 Å². The second-order valence-corrected chi connectivity index (χ2v) is 11.1. The fourth-order valence-corrected chi connectivity index (χ4v) is 5.20. The number of benzene rings is 4. The van der Waals surface area contributed by atoms with E-state index in [0.717, 1.165) is 4.90 Å². The van der Waals surface area contributed by atoms with Crippen molar-refractivity contribution < 1.29 is 18.8 Å². The molecule has 0 bridgehead atoms. The maximum absolute atomic E-state index is 13.5. The van der Waals surface area contributed by atoms with Gasteiger partial charge in [-0.2, -0.15) is 0 Å². The lowest BCUT2D eigenvalue weighted by atomic mass is 10.1. The van der Waals surface area contributed by atoms with Gasteiger partial charge in [0.05, 0.1) is 10.3 Å². The van der Waals surface area contributed by atoms with Gasteiger partial charge in [0.25, 0.3) is 11.8 Å². The zero-order valence-corrected chi connectivity index (χ0v) is 24.7. The number of anilines is 2. The van der Waals surface area contributed by atoms with Crippen LogP contribution in [0.1, 0.15) is 29.3 Å². The summed E-state index contributed by atoms with van der Waals surface area (Å²) in [4.78, 5) is 39.9. The van der Waals surface area contributed by atoms with Gasteiger partial charge in [0, 0.05) is 26.9 Å². The summed E-state index contributed by atoms with van der Waals surface area (Å²) in [5, 5.41) is 8.14. The van der Waals surface area contributed by atoms with E-state index in [1.54, 1.807) is 72.8 Å². The molecule has 0 aliphatic carbocycles. The van der Waals surface area contributed by atoms with Gasteiger partial charge < -0.3 is 16.0 Å². The van der Waals surface area contributed by atoms with Crippen molar-refractivity contribution in [2.75, 3.05) is 10.6 Å². The van der Waals surface area contributed by atoms with Gasteiger partial charge in [-0.05, 0) is 72.7 Å². The van der Waals surface area contributed by atoms with Crippen LogP contribution in [0.2, 0.25) is 10.0 Å². The SMILES string of the molecule is CCC(Sc1cccc(NC(=O)/C(=C\c2ccccc2Cl)NC(=O)c2ccccc2)c1)C(=O)Nc1ccc(F)c(Cl)c1. The second-order valence-electron chi connectivity index (χ2n) is 9.01. The number of carbonyl (C=O) groups excluding carboxylic acids is 3. The molecular weight excluding hydrogens is 596 g/mol. The Hall–Kier alpha value is -4.11. The standard InChI is InChI=1S/C32H26Cl2FN3O3S/c1-2-29(32(41)37-23-15-16-27(35)26(34)19-23)42-24-13-8-12-22(18-24)36-31(40)28(17-21-11-6-7-14-25(21)33)38-30(39)20-9-4-3-5-10-20/h3-19,29H,2H2,1H3,(H,36,40)(H,37,41)(H,38,39)/b28-17+. The van der Waals surface area contributed by atoms with Gasteiger partial charge in [0.15, 0.2) is 0 Å². The number of halogens is 3. The first-order valence-corrected chi connectivity index (χ1v) is 14.5. The zero-order valence-electron chi connectivity index (χ0n) is 22.4. The van der Waals surface area contributed by atoms with E-state index in [9.17, 15) is 18.8 Å². The van der Waals surface area contributed by atoms with Crippen LogP contribution in [0.3, 0.4) is 0 Å². The van der Waals surface area contributed by atoms with E-state index in [-0.39, 0.29) is 16.6 Å². The molecule has 3 N–H and O–H groups in total. The van der Waals surface area contributed by atoms with E-state index >= 15 is 0 Å². The van der Waals surface area contributed by atoms with Crippen molar-refractivity contribution in [2.45, 2.75) is 23.5 Å². The molecule has 1 atom stereocenters. The Kier molecular flexibility index (Phi) is 10.8. The molecular formula is C32H26Cl2FN3O3S. The molecule has 0 saturated carbocycles. The topological polar surface area (TPSA) is 87.3 Å². The molecule has 0 aromatic heterocycles. The number of rotatable bonds is 10. The summed E-state index contributed by atoms with van der Waals surface area (Å²) in [7, 11) is 0. The van der Waals surface area contributed by atoms with Gasteiger partial charge in [-0.1, -0.05) is 72.6 Å². The average molecular weight is 623 g/mol. The van der Waals surface area contributed by atoms with E-state index in [1.807, 2.05) is 13.0 Å². The maximum atomic E-state index is 13.5. The lowest BCUT2D eigenvalue weighted by Crippen LogP contribution is -2.30. The molecule has 0 fully saturated rings. The van der Waals surface area contributed by atoms with Crippen LogP contribution < -0.4 is 16.0 Å². The largest absolute Gasteiger partial charge is 0.325 e. The lowest BCUT2D eigenvalue weighted by Gasteiger charge is -2.16. The third kappa shape index (κ3) is 8.45. The second kappa shape index (κ2) is 14.7. The zero-order chi connectivity index (χ0) is 30.1. The monoisotopic (exact) mass is 621 g/mol. The Morgan fingerprint density at radius 2 is 1.55 bits per heavy atom. The molecule has 4 rings (SSSR count). The minimum Gasteiger partial charge on any atom is -0.325 e. The first-order chi connectivity index (χ1) is 20.2. The predicted octanol–water partition coefficient (Wildman–Crippen LogP) is 8.05. The van der Waals surface area contributed by atoms with E-state index in [1.165, 1.54) is 36.0 Å². The van der Waals surface area contributed by atoms with Crippen molar-refractivity contribution in [3.8, 4) is 0 Å². The van der Waals surface area contributed by atoms with Gasteiger partial charge in [-0.25, -0.2) is 4.39 Å². The van der Waals surface area contributed by atoms with Crippen molar-refractivity contribution in [3.05, 3.63) is 130 Å². The fraction of sp³-hybridized carbons (Fsp3) is 0.0938. The molecule has 6 nitrogen and oxygen atoms in total. The Morgan fingerprint density at radius 1 is 0.833 bits per heavy atom. The van der Waals surface area contributed by atoms with Crippen molar-refractivity contribution >= 4 is 70.1 Å². The Morgan fingerprint density at radius 3 is 2.26 bits per heavy atom. The molecule has 1 unspecified atom stereocenters. The first-order valence-electron chi connectivity index (χ1n) is 12.9. The molecule has 42 heavy (non-hydrogen) atoms. The van der Waals surface area contributed by atoms with E-state index < -0.39 is 22.9 Å². The molecule has 0 saturated heterocycles. The molecule has 10 heteroatoms. The van der Waals surface area contributed by atoms with Crippen molar-refractivity contribution in [1.29, 1.82) is 0 Å². The average Bonchev–Trinajstić information content (AvgIpc) is 2.99. The van der Waals surface area contributed by atoms with E-state index in [0.29, 0.717) is 33.9 Å². The summed E-state index contributed by atoms with van der Waals surface area (Å²) in [5.41, 5.74) is 1.80. The summed E-state index contributed by atoms with van der Waals surface area (Å²) in [6.45, 7) is 1.88. The highest BCUT2D eigenvalue weighted by molar-refractivity contribution is 8.00. The maximum Gasteiger partial charge on any atom is 0.272 e. The predicted molar refractivity (Wildman–Crippen MR) is 168 cm³/mol. The molecule has 0 heterocycles. The summed E-state index contributed by atoms with van der Waals surface area (Å²) in [6.07, 6.45) is 2.02. The summed E-state index contributed by atoms with van der Waals surface area (Å²) < 4.78 is 13.5. The van der Waals surface area contributed by atoms with Crippen LogP contribution in [-0.4, -0.2) is 23.0 Å². The summed E-state index contributed by atoms with van der Waals surface area (Å²) in [6, 6.07) is 26.5. The molecule has 4 aromatic carbocycles. The summed E-state index contributed by atoms with van der Waals surface area (Å²) in [5.74, 6) is -1.85. The third-order valence-electron chi connectivity index (χ3n) is 5.95. The van der Waals surface area contributed by atoms with Crippen LogP contribution in [0.5, 0.6) is 0 Å². The molecule has 4 aromatic rings. The van der Waals surface area contributed by atoms with Gasteiger partial charge >= 0.3 is 0 Å². The molecule has 0 radical (unpaired) electrons. The normalized spacial score (nSPS) is 11.9. The van der Waals surface area contributed by atoms with Crippen LogP contribution in [-0.2, 0) is 9.59 Å².